The number of nitrogen functional groups attached to an aromatic ring is 1. The summed E-state index contributed by atoms with van der Waals surface area (Å²) in [6.07, 6.45) is 5.53. The molecule has 8 nitrogen and oxygen atoms in total. The van der Waals surface area contributed by atoms with Crippen molar-refractivity contribution >= 4 is 37.7 Å². The van der Waals surface area contributed by atoms with Gasteiger partial charge in [0.15, 0.2) is 0 Å². The smallest absolute Gasteiger partial charge is 0.134 e. The summed E-state index contributed by atoms with van der Waals surface area (Å²) in [6.45, 7) is 5.54. The predicted molar refractivity (Wildman–Crippen MR) is 167 cm³/mol. The molecule has 1 saturated heterocycles. The van der Waals surface area contributed by atoms with Crippen LogP contribution in [0.4, 0.5) is 5.69 Å². The summed E-state index contributed by atoms with van der Waals surface area (Å²) in [5.74, 6) is 5.12. The second-order valence-electron chi connectivity index (χ2n) is 11.4. The predicted octanol–water partition coefficient (Wildman–Crippen LogP) is 4.42. The number of hydrogen-bond acceptors (Lipinski definition) is 6. The largest absolute Gasteiger partial charge is 0.397 e. The number of imidazole rings is 1. The molecule has 1 saturated carbocycles. The molecule has 3 aromatic heterocycles. The van der Waals surface area contributed by atoms with Gasteiger partial charge in [-0.2, -0.15) is 5.10 Å². The minimum atomic E-state index is -2.14. The van der Waals surface area contributed by atoms with Gasteiger partial charge in [-0.05, 0) is 54.0 Å². The van der Waals surface area contributed by atoms with E-state index in [1.54, 1.807) is 12.5 Å². The molecule has 0 spiro atoms. The maximum absolute atomic E-state index is 12.4. The summed E-state index contributed by atoms with van der Waals surface area (Å²) in [5, 5.41) is 5.68. The molecule has 1 atom stereocenters. The van der Waals surface area contributed by atoms with Gasteiger partial charge in [0.1, 0.15) is 11.3 Å². The van der Waals surface area contributed by atoms with Crippen LogP contribution < -0.4 is 5.73 Å². The Morgan fingerprint density at radius 2 is 1.76 bits per heavy atom. The third-order valence-corrected chi connectivity index (χ3v) is 10.2. The molecule has 4 heterocycles. The van der Waals surface area contributed by atoms with Crippen LogP contribution in [-0.2, 0) is 42.4 Å². The maximum Gasteiger partial charge on any atom is 0.134 e. The topological polar surface area (TPSA) is 92.7 Å². The number of pyridine rings is 1. The van der Waals surface area contributed by atoms with Gasteiger partial charge in [0.2, 0.25) is 0 Å². The summed E-state index contributed by atoms with van der Waals surface area (Å²) in [7, 11) is -2.14. The Kier molecular flexibility index (Phi) is 8.00. The van der Waals surface area contributed by atoms with Crippen molar-refractivity contribution in [1.82, 2.24) is 28.8 Å². The zero-order chi connectivity index (χ0) is 28.3. The number of rotatable bonds is 5. The van der Waals surface area contributed by atoms with Gasteiger partial charge in [-0.1, -0.05) is 42.0 Å². The first-order valence-electron chi connectivity index (χ1n) is 14.1. The van der Waals surface area contributed by atoms with Crippen molar-refractivity contribution < 1.29 is 36.9 Å². The van der Waals surface area contributed by atoms with E-state index in [1.807, 2.05) is 39.2 Å². The summed E-state index contributed by atoms with van der Waals surface area (Å²) >= 11 is 0. The number of aryl methyl sites for hydroxylation is 1. The van der Waals surface area contributed by atoms with Crippen LogP contribution in [0.1, 0.15) is 30.1 Å². The Balaban J connectivity index is 0.00000316. The molecular formula is C32H34N7OSY-. The van der Waals surface area contributed by atoms with Gasteiger partial charge in [-0.3, -0.25) is 9.11 Å². The molecule has 0 bridgehead atoms. The van der Waals surface area contributed by atoms with Crippen molar-refractivity contribution in [3.8, 4) is 22.5 Å². The monoisotopic (exact) mass is 653 g/mol. The summed E-state index contributed by atoms with van der Waals surface area (Å²) in [4.78, 5) is 12.8. The molecule has 42 heavy (non-hydrogen) atoms. The van der Waals surface area contributed by atoms with Crippen molar-refractivity contribution in [3.05, 3.63) is 78.2 Å². The van der Waals surface area contributed by atoms with Crippen molar-refractivity contribution in [2.24, 2.45) is 0 Å². The fraction of sp³-hybridized carbons (Fsp3) is 0.312. The maximum atomic E-state index is 12.4. The molecule has 5 aromatic rings. The Morgan fingerprint density at radius 1 is 1.02 bits per heavy atom. The zero-order valence-electron chi connectivity index (χ0n) is 24.0. The van der Waals surface area contributed by atoms with E-state index in [9.17, 15) is 4.21 Å². The molecule has 10 heteroatoms. The van der Waals surface area contributed by atoms with Crippen molar-refractivity contribution in [2.45, 2.75) is 31.7 Å². The van der Waals surface area contributed by atoms with Crippen LogP contribution in [0.5, 0.6) is 0 Å². The quantitative estimate of drug-likeness (QED) is 0.223. The number of hydrogen-bond donors (Lipinski definition) is 1. The van der Waals surface area contributed by atoms with Crippen molar-refractivity contribution in [3.63, 3.8) is 0 Å². The Morgan fingerprint density at radius 3 is 2.48 bits per heavy atom. The number of anilines is 1. The van der Waals surface area contributed by atoms with Crippen LogP contribution in [-0.4, -0.2) is 77.3 Å². The first kappa shape index (κ1) is 29.4. The number of piperazine rings is 1. The number of nitrogens with zero attached hydrogens (tertiary/aromatic N) is 6. The van der Waals surface area contributed by atoms with Crippen LogP contribution in [0.3, 0.4) is 0 Å². The minimum Gasteiger partial charge on any atom is -0.397 e. The number of nitrogens with two attached hydrogens (primary N) is 1. The van der Waals surface area contributed by atoms with E-state index in [0.29, 0.717) is 17.6 Å². The van der Waals surface area contributed by atoms with Crippen molar-refractivity contribution in [2.75, 3.05) is 38.2 Å². The normalized spacial score (nSPS) is 21.1. The molecule has 1 radical (unpaired) electrons. The molecule has 2 aliphatic rings. The summed E-state index contributed by atoms with van der Waals surface area (Å²) < 4.78 is 16.3. The standard InChI is InChI=1S/C32H34N7OS.Y/c1-21-26(11-9-23-10-12-28(35-29(21)23)22-7-5-4-6-8-22)30-31-27(33)13-14-34-39(31)32(36-30)24-19-25(20-24)37-15-17-38(18-16-37)41(2,3)40;/h4-9,11-14,24-25H,2,15-20,33H2,1,3H3;/q-1;. The molecular weight excluding hydrogens is 619 g/mol. The fourth-order valence-corrected chi connectivity index (χ4v) is 7.28. The Bertz CT molecular complexity index is 1880. The molecule has 1 aliphatic carbocycles. The zero-order valence-corrected chi connectivity index (χ0v) is 27.7. The fourth-order valence-electron chi connectivity index (χ4n) is 6.34. The Labute approximate surface area is 272 Å². The van der Waals surface area contributed by atoms with E-state index in [0.717, 1.165) is 89.3 Å². The Hall–Kier alpha value is -2.69. The van der Waals surface area contributed by atoms with E-state index in [2.05, 4.69) is 48.0 Å². The number of aromatic nitrogens is 4. The van der Waals surface area contributed by atoms with Crippen LogP contribution in [0, 0.1) is 13.0 Å². The van der Waals surface area contributed by atoms with Gasteiger partial charge in [-0.25, -0.2) is 13.8 Å². The van der Waals surface area contributed by atoms with E-state index in [4.69, 9.17) is 20.8 Å². The van der Waals surface area contributed by atoms with Crippen LogP contribution in [0.25, 0.3) is 38.9 Å². The molecule has 213 valence electrons. The van der Waals surface area contributed by atoms with E-state index in [1.165, 1.54) is 0 Å². The molecule has 2 N–H and O–H groups in total. The second kappa shape index (κ2) is 11.4. The van der Waals surface area contributed by atoms with Gasteiger partial charge in [0.05, 0.1) is 17.6 Å². The summed E-state index contributed by atoms with van der Waals surface area (Å²) in [5.41, 5.74) is 13.8. The van der Waals surface area contributed by atoms with Crippen molar-refractivity contribution in [1.29, 1.82) is 0 Å². The van der Waals surface area contributed by atoms with Crippen LogP contribution in [0.2, 0.25) is 0 Å². The van der Waals surface area contributed by atoms with Gasteiger partial charge < -0.3 is 10.7 Å². The summed E-state index contributed by atoms with van der Waals surface area (Å²) in [6, 6.07) is 22.1. The molecule has 2 aromatic carbocycles. The van der Waals surface area contributed by atoms with Gasteiger partial charge >= 0.3 is 0 Å². The second-order valence-corrected chi connectivity index (χ2v) is 13.8. The van der Waals surface area contributed by atoms with E-state index in [-0.39, 0.29) is 32.7 Å². The average molecular weight is 654 g/mol. The van der Waals surface area contributed by atoms with Crippen LogP contribution in [0.15, 0.2) is 60.8 Å². The first-order chi connectivity index (χ1) is 19.8. The van der Waals surface area contributed by atoms with E-state index < -0.39 is 9.71 Å². The van der Waals surface area contributed by atoms with Gasteiger partial charge in [-0.15, -0.1) is 23.6 Å². The van der Waals surface area contributed by atoms with Crippen LogP contribution >= 0.6 is 0 Å². The third kappa shape index (κ3) is 5.20. The average Bonchev–Trinajstić information content (AvgIpc) is 3.33. The minimum absolute atomic E-state index is 0. The number of fused-ring (bicyclic) bond motifs is 2. The SMILES string of the molecule is C=S(C)(=O)N1CCN(C2CC(c3nc(-c4ccc5[c-]cc(-c6ccccc6)nc5c4C)c4c(N)ccnn34)C2)CC1.[Y]. The molecule has 1 aliphatic heterocycles. The molecule has 0 amide bonds. The molecule has 2 fully saturated rings. The number of benzene rings is 2. The molecule has 7 rings (SSSR count). The third-order valence-electron chi connectivity index (χ3n) is 8.76. The van der Waals surface area contributed by atoms with Gasteiger partial charge in [0, 0.05) is 86.8 Å². The first-order valence-corrected chi connectivity index (χ1v) is 16.2. The van der Waals surface area contributed by atoms with Gasteiger partial charge in [0.25, 0.3) is 0 Å². The van der Waals surface area contributed by atoms with E-state index >= 15 is 0 Å². The molecule has 1 unspecified atom stereocenters.